The lowest BCUT2D eigenvalue weighted by Crippen LogP contribution is -2.13. The standard InChI is InChI=1S/C17H17N3O3S2/c18-15(10-12-6-8-14(9-7-12)20-25(21,22)23)17-19-16(11-24-17)13-4-2-1-3-5-13/h1-9,11,15,20H,10,18H2,(H,21,22,23)/t15-/m0/s1. The van der Waals surface area contributed by atoms with Gasteiger partial charge in [-0.25, -0.2) is 4.98 Å². The topological polar surface area (TPSA) is 105 Å². The molecule has 4 N–H and O–H groups in total. The molecular formula is C17H17N3O3S2. The summed E-state index contributed by atoms with van der Waals surface area (Å²) in [4.78, 5) is 4.61. The maximum absolute atomic E-state index is 10.8. The van der Waals surface area contributed by atoms with E-state index in [0.717, 1.165) is 21.8 Å². The molecule has 3 aromatic rings. The van der Waals surface area contributed by atoms with Crippen molar-refractivity contribution in [3.8, 4) is 11.3 Å². The summed E-state index contributed by atoms with van der Waals surface area (Å²) in [6.45, 7) is 0. The predicted octanol–water partition coefficient (Wildman–Crippen LogP) is 3.27. The van der Waals surface area contributed by atoms with Crippen molar-refractivity contribution >= 4 is 27.3 Å². The summed E-state index contributed by atoms with van der Waals surface area (Å²) in [5, 5.41) is 2.84. The molecule has 0 bridgehead atoms. The van der Waals surface area contributed by atoms with Crippen molar-refractivity contribution in [2.75, 3.05) is 4.72 Å². The minimum absolute atomic E-state index is 0.247. The van der Waals surface area contributed by atoms with Gasteiger partial charge in [0.25, 0.3) is 0 Å². The molecule has 1 heterocycles. The van der Waals surface area contributed by atoms with Crippen LogP contribution in [0.5, 0.6) is 0 Å². The molecule has 25 heavy (non-hydrogen) atoms. The number of thiazole rings is 1. The third kappa shape index (κ3) is 4.86. The first-order valence-electron chi connectivity index (χ1n) is 7.51. The van der Waals surface area contributed by atoms with Gasteiger partial charge in [-0.1, -0.05) is 42.5 Å². The zero-order valence-electron chi connectivity index (χ0n) is 13.2. The Labute approximate surface area is 150 Å². The van der Waals surface area contributed by atoms with Crippen LogP contribution in [0.2, 0.25) is 0 Å². The molecule has 2 aromatic carbocycles. The number of nitrogens with two attached hydrogens (primary N) is 1. The van der Waals surface area contributed by atoms with Crippen molar-refractivity contribution in [1.82, 2.24) is 4.98 Å². The molecule has 8 heteroatoms. The fourth-order valence-electron chi connectivity index (χ4n) is 2.40. The van der Waals surface area contributed by atoms with Gasteiger partial charge in [-0.05, 0) is 24.1 Å². The largest absolute Gasteiger partial charge is 0.357 e. The monoisotopic (exact) mass is 375 g/mol. The number of hydrogen-bond acceptors (Lipinski definition) is 5. The van der Waals surface area contributed by atoms with E-state index in [2.05, 4.69) is 4.98 Å². The second-order valence-corrected chi connectivity index (χ2v) is 7.57. The van der Waals surface area contributed by atoms with Crippen molar-refractivity contribution in [2.45, 2.75) is 12.5 Å². The highest BCUT2D eigenvalue weighted by Gasteiger charge is 2.13. The lowest BCUT2D eigenvalue weighted by atomic mass is 10.1. The quantitative estimate of drug-likeness (QED) is 0.574. The third-order valence-electron chi connectivity index (χ3n) is 3.57. The van der Waals surface area contributed by atoms with Crippen LogP contribution in [0.1, 0.15) is 16.6 Å². The number of aromatic nitrogens is 1. The van der Waals surface area contributed by atoms with Gasteiger partial charge in [0.05, 0.1) is 17.4 Å². The molecule has 0 aliphatic heterocycles. The molecule has 3 rings (SSSR count). The second-order valence-electron chi connectivity index (χ2n) is 5.52. The summed E-state index contributed by atoms with van der Waals surface area (Å²) in [5.74, 6) is 0. The Kier molecular flexibility index (Phi) is 5.14. The van der Waals surface area contributed by atoms with Gasteiger partial charge in [0.2, 0.25) is 0 Å². The lowest BCUT2D eigenvalue weighted by molar-refractivity contribution is 0.489. The van der Waals surface area contributed by atoms with Crippen molar-refractivity contribution in [2.24, 2.45) is 5.73 Å². The van der Waals surface area contributed by atoms with E-state index in [-0.39, 0.29) is 6.04 Å². The van der Waals surface area contributed by atoms with Crippen molar-refractivity contribution in [3.63, 3.8) is 0 Å². The average molecular weight is 375 g/mol. The number of anilines is 1. The van der Waals surface area contributed by atoms with E-state index < -0.39 is 10.3 Å². The van der Waals surface area contributed by atoms with Crippen LogP contribution >= 0.6 is 11.3 Å². The normalized spacial score (nSPS) is 12.7. The average Bonchev–Trinajstić information content (AvgIpc) is 3.06. The zero-order valence-corrected chi connectivity index (χ0v) is 14.8. The van der Waals surface area contributed by atoms with E-state index in [1.807, 2.05) is 40.4 Å². The fraction of sp³-hybridized carbons (Fsp3) is 0.118. The highest BCUT2D eigenvalue weighted by Crippen LogP contribution is 2.26. The molecule has 0 fully saturated rings. The first kappa shape index (κ1) is 17.6. The molecule has 0 radical (unpaired) electrons. The second kappa shape index (κ2) is 7.32. The summed E-state index contributed by atoms with van der Waals surface area (Å²) in [6, 6.07) is 16.3. The Bertz CT molecular complexity index is 939. The van der Waals surface area contributed by atoms with Gasteiger partial charge in [-0.3, -0.25) is 9.27 Å². The summed E-state index contributed by atoms with van der Waals surface area (Å²) in [5.41, 5.74) is 9.46. The Morgan fingerprint density at radius 1 is 1.12 bits per heavy atom. The fourth-order valence-corrected chi connectivity index (χ4v) is 3.66. The molecule has 0 amide bonds. The zero-order chi connectivity index (χ0) is 17.9. The minimum atomic E-state index is -4.26. The first-order valence-corrected chi connectivity index (χ1v) is 9.83. The highest BCUT2D eigenvalue weighted by molar-refractivity contribution is 7.87. The smallest absolute Gasteiger partial charge is 0.322 e. The molecule has 0 unspecified atom stereocenters. The Balaban J connectivity index is 1.68. The molecule has 0 saturated carbocycles. The molecule has 0 saturated heterocycles. The van der Waals surface area contributed by atoms with Crippen molar-refractivity contribution < 1.29 is 13.0 Å². The highest BCUT2D eigenvalue weighted by atomic mass is 32.2. The number of benzene rings is 2. The number of nitrogens with one attached hydrogen (secondary N) is 1. The van der Waals surface area contributed by atoms with Gasteiger partial charge in [0, 0.05) is 10.9 Å². The predicted molar refractivity (Wildman–Crippen MR) is 99.8 cm³/mol. The van der Waals surface area contributed by atoms with E-state index >= 15 is 0 Å². The van der Waals surface area contributed by atoms with Gasteiger partial charge in [-0.15, -0.1) is 11.3 Å². The number of hydrogen-bond donors (Lipinski definition) is 3. The summed E-state index contributed by atoms with van der Waals surface area (Å²) >= 11 is 1.52. The van der Waals surface area contributed by atoms with Crippen LogP contribution in [0.4, 0.5) is 5.69 Å². The van der Waals surface area contributed by atoms with Gasteiger partial charge < -0.3 is 5.73 Å². The first-order chi connectivity index (χ1) is 11.9. The Morgan fingerprint density at radius 3 is 2.44 bits per heavy atom. The van der Waals surface area contributed by atoms with E-state index in [1.165, 1.54) is 11.3 Å². The van der Waals surface area contributed by atoms with Crippen LogP contribution in [0, 0.1) is 0 Å². The molecule has 130 valence electrons. The van der Waals surface area contributed by atoms with E-state index in [0.29, 0.717) is 12.1 Å². The van der Waals surface area contributed by atoms with Crippen molar-refractivity contribution in [3.05, 3.63) is 70.5 Å². The molecule has 6 nitrogen and oxygen atoms in total. The Hall–Kier alpha value is -2.26. The van der Waals surface area contributed by atoms with Crippen LogP contribution in [-0.2, 0) is 16.7 Å². The Morgan fingerprint density at radius 2 is 1.80 bits per heavy atom. The van der Waals surface area contributed by atoms with Crippen LogP contribution in [-0.4, -0.2) is 18.0 Å². The molecule has 1 atom stereocenters. The van der Waals surface area contributed by atoms with Gasteiger partial charge in [0.1, 0.15) is 5.01 Å². The van der Waals surface area contributed by atoms with E-state index in [1.54, 1.807) is 24.3 Å². The maximum Gasteiger partial charge on any atom is 0.357 e. The number of rotatable bonds is 6. The summed E-state index contributed by atoms with van der Waals surface area (Å²) in [7, 11) is -4.26. The van der Waals surface area contributed by atoms with Gasteiger partial charge >= 0.3 is 10.3 Å². The van der Waals surface area contributed by atoms with Crippen molar-refractivity contribution in [1.29, 1.82) is 0 Å². The summed E-state index contributed by atoms with van der Waals surface area (Å²) in [6.07, 6.45) is 0.577. The lowest BCUT2D eigenvalue weighted by Gasteiger charge is -2.09. The van der Waals surface area contributed by atoms with Gasteiger partial charge in [0.15, 0.2) is 0 Å². The van der Waals surface area contributed by atoms with Gasteiger partial charge in [-0.2, -0.15) is 8.42 Å². The number of nitrogens with zero attached hydrogens (tertiary/aromatic N) is 1. The van der Waals surface area contributed by atoms with Crippen LogP contribution in [0.3, 0.4) is 0 Å². The molecule has 0 spiro atoms. The van der Waals surface area contributed by atoms with Crippen LogP contribution in [0.15, 0.2) is 60.0 Å². The molecule has 1 aromatic heterocycles. The van der Waals surface area contributed by atoms with E-state index in [9.17, 15) is 8.42 Å². The third-order valence-corrected chi connectivity index (χ3v) is 5.04. The molecule has 0 aliphatic carbocycles. The van der Waals surface area contributed by atoms with Crippen LogP contribution in [0.25, 0.3) is 11.3 Å². The van der Waals surface area contributed by atoms with Crippen LogP contribution < -0.4 is 10.5 Å². The SMILES string of the molecule is N[C@@H](Cc1ccc(NS(=O)(=O)O)cc1)c1nc(-c2ccccc2)cs1. The molecular weight excluding hydrogens is 358 g/mol. The van der Waals surface area contributed by atoms with E-state index in [4.69, 9.17) is 10.3 Å². The minimum Gasteiger partial charge on any atom is -0.322 e. The maximum atomic E-state index is 10.8. The summed E-state index contributed by atoms with van der Waals surface area (Å²) < 4.78 is 32.3. The molecule has 0 aliphatic rings.